The van der Waals surface area contributed by atoms with Gasteiger partial charge < -0.3 is 19.7 Å². The van der Waals surface area contributed by atoms with E-state index in [1.54, 1.807) is 55.5 Å². The molecule has 0 saturated heterocycles. The first-order valence-corrected chi connectivity index (χ1v) is 9.15. The number of nitrogens with zero attached hydrogens (tertiary/aromatic N) is 1. The molecule has 8 nitrogen and oxygen atoms in total. The minimum absolute atomic E-state index is 0.111. The molecule has 0 aromatic heterocycles. The lowest BCUT2D eigenvalue weighted by Crippen LogP contribution is -2.21. The molecular weight excluding hydrogens is 388 g/mol. The number of nitrogens with one attached hydrogen (secondary N) is 1. The number of aliphatic hydroxyl groups is 1. The average molecular weight is 410 g/mol. The molecule has 0 saturated carbocycles. The summed E-state index contributed by atoms with van der Waals surface area (Å²) in [6.07, 6.45) is 0.961. The van der Waals surface area contributed by atoms with E-state index in [1.165, 1.54) is 6.08 Å². The summed E-state index contributed by atoms with van der Waals surface area (Å²) in [5, 5.41) is 29.2. The highest BCUT2D eigenvalue weighted by atomic mass is 16.6. The third kappa shape index (κ3) is 6.96. The molecular formula is C22H22N2O6. The highest BCUT2D eigenvalue weighted by molar-refractivity contribution is 5.85. The van der Waals surface area contributed by atoms with Crippen LogP contribution in [0.3, 0.4) is 0 Å². The normalized spacial score (nSPS) is 12.6. The number of aliphatic carboxylic acids is 1. The van der Waals surface area contributed by atoms with Crippen molar-refractivity contribution in [2.45, 2.75) is 13.0 Å². The fraction of sp³-hybridized carbons (Fsp3) is 0.227. The van der Waals surface area contributed by atoms with Gasteiger partial charge in [0.25, 0.3) is 0 Å². The van der Waals surface area contributed by atoms with E-state index in [9.17, 15) is 9.59 Å². The van der Waals surface area contributed by atoms with Crippen molar-refractivity contribution in [2.75, 3.05) is 18.5 Å². The molecule has 2 rings (SSSR count). The van der Waals surface area contributed by atoms with Gasteiger partial charge in [0.05, 0.1) is 18.2 Å². The van der Waals surface area contributed by atoms with Crippen LogP contribution < -0.4 is 10.1 Å². The second-order valence-electron chi connectivity index (χ2n) is 6.34. The second-order valence-corrected chi connectivity index (χ2v) is 6.34. The smallest absolute Gasteiger partial charge is 0.412 e. The van der Waals surface area contributed by atoms with E-state index >= 15 is 0 Å². The average Bonchev–Trinajstić information content (AvgIpc) is 2.75. The lowest BCUT2D eigenvalue weighted by molar-refractivity contribution is -0.131. The van der Waals surface area contributed by atoms with E-state index in [0.29, 0.717) is 22.6 Å². The van der Waals surface area contributed by atoms with Crippen LogP contribution in [0, 0.1) is 17.2 Å². The fourth-order valence-electron chi connectivity index (χ4n) is 2.62. The van der Waals surface area contributed by atoms with E-state index in [4.69, 9.17) is 24.9 Å². The molecule has 0 spiro atoms. The van der Waals surface area contributed by atoms with Crippen molar-refractivity contribution < 1.29 is 29.3 Å². The molecule has 30 heavy (non-hydrogen) atoms. The Hall–Kier alpha value is -3.83. The molecule has 0 radical (unpaired) electrons. The third-order valence-electron chi connectivity index (χ3n) is 4.08. The van der Waals surface area contributed by atoms with Gasteiger partial charge in [0.15, 0.2) is 0 Å². The number of amides is 1. The van der Waals surface area contributed by atoms with E-state index < -0.39 is 24.1 Å². The summed E-state index contributed by atoms with van der Waals surface area (Å²) in [5.41, 5.74) is 1.56. The van der Waals surface area contributed by atoms with Gasteiger partial charge in [-0.05, 0) is 42.0 Å². The number of benzene rings is 2. The second kappa shape index (κ2) is 11.2. The molecule has 0 aliphatic heterocycles. The Balaban J connectivity index is 2.16. The first kappa shape index (κ1) is 22.5. The monoisotopic (exact) mass is 410 g/mol. The van der Waals surface area contributed by atoms with Crippen LogP contribution in [0.4, 0.5) is 10.5 Å². The van der Waals surface area contributed by atoms with Crippen molar-refractivity contribution in [3.05, 3.63) is 71.8 Å². The standard InChI is InChI=1S/C22H22N2O6/c1-15(2-11-20(26)27)21(17-5-9-19(10-6-17)29-13-12-25)30-22(28)24-18-7-3-16(14-23)4-8-18/h2-11,15,21,25H,12-13H2,1H3,(H,24,28)(H,26,27)/b11-2+/t15-,21+/m1/s1. The maximum Gasteiger partial charge on any atom is 0.412 e. The lowest BCUT2D eigenvalue weighted by atomic mass is 9.96. The number of nitriles is 1. The molecule has 156 valence electrons. The Morgan fingerprint density at radius 3 is 2.40 bits per heavy atom. The zero-order valence-electron chi connectivity index (χ0n) is 16.3. The molecule has 2 aromatic carbocycles. The summed E-state index contributed by atoms with van der Waals surface area (Å²) in [6.45, 7) is 1.78. The van der Waals surface area contributed by atoms with Crippen LogP contribution in [-0.4, -0.2) is 35.5 Å². The van der Waals surface area contributed by atoms with Crippen LogP contribution in [0.25, 0.3) is 0 Å². The summed E-state index contributed by atoms with van der Waals surface area (Å²) >= 11 is 0. The molecule has 3 N–H and O–H groups in total. The van der Waals surface area contributed by atoms with Crippen molar-refractivity contribution in [3.8, 4) is 11.8 Å². The maximum absolute atomic E-state index is 12.4. The Morgan fingerprint density at radius 1 is 1.17 bits per heavy atom. The van der Waals surface area contributed by atoms with Crippen molar-refractivity contribution in [2.24, 2.45) is 5.92 Å². The third-order valence-corrected chi connectivity index (χ3v) is 4.08. The number of anilines is 1. The van der Waals surface area contributed by atoms with Gasteiger partial charge in [-0.25, -0.2) is 9.59 Å². The van der Waals surface area contributed by atoms with Gasteiger partial charge in [0.1, 0.15) is 18.5 Å². The van der Waals surface area contributed by atoms with Crippen molar-refractivity contribution in [3.63, 3.8) is 0 Å². The summed E-state index contributed by atoms with van der Waals surface area (Å²) < 4.78 is 10.9. The molecule has 0 fully saturated rings. The Bertz CT molecular complexity index is 916. The fourth-order valence-corrected chi connectivity index (χ4v) is 2.62. The van der Waals surface area contributed by atoms with Gasteiger partial charge in [-0.3, -0.25) is 5.32 Å². The molecule has 0 unspecified atom stereocenters. The maximum atomic E-state index is 12.4. The number of carbonyl (C=O) groups is 2. The summed E-state index contributed by atoms with van der Waals surface area (Å²) in [7, 11) is 0. The number of hydrogen-bond donors (Lipinski definition) is 3. The first-order chi connectivity index (χ1) is 14.4. The van der Waals surface area contributed by atoms with Gasteiger partial charge in [-0.1, -0.05) is 25.1 Å². The van der Waals surface area contributed by atoms with E-state index in [-0.39, 0.29) is 13.2 Å². The van der Waals surface area contributed by atoms with Crippen LogP contribution in [0.1, 0.15) is 24.2 Å². The van der Waals surface area contributed by atoms with Crippen LogP contribution in [0.15, 0.2) is 60.7 Å². The van der Waals surface area contributed by atoms with Crippen molar-refractivity contribution >= 4 is 17.7 Å². The SMILES string of the molecule is C[C@H](/C=C/C(=O)O)[C@H](OC(=O)Nc1ccc(C#N)cc1)c1ccc(OCCO)cc1. The molecule has 2 atom stereocenters. The predicted octanol–water partition coefficient (Wildman–Crippen LogP) is 3.50. The van der Waals surface area contributed by atoms with Crippen molar-refractivity contribution in [1.82, 2.24) is 0 Å². The molecule has 1 amide bonds. The van der Waals surface area contributed by atoms with E-state index in [2.05, 4.69) is 5.32 Å². The molecule has 0 bridgehead atoms. The number of hydrogen-bond acceptors (Lipinski definition) is 6. The topological polar surface area (TPSA) is 129 Å². The lowest BCUT2D eigenvalue weighted by Gasteiger charge is -2.23. The minimum Gasteiger partial charge on any atom is -0.491 e. The van der Waals surface area contributed by atoms with Crippen LogP contribution in [0.5, 0.6) is 5.75 Å². The van der Waals surface area contributed by atoms with Gasteiger partial charge in [0.2, 0.25) is 0 Å². The quantitative estimate of drug-likeness (QED) is 0.540. The van der Waals surface area contributed by atoms with Gasteiger partial charge >= 0.3 is 12.1 Å². The van der Waals surface area contributed by atoms with Crippen LogP contribution in [0.2, 0.25) is 0 Å². The van der Waals surface area contributed by atoms with Crippen LogP contribution in [-0.2, 0) is 9.53 Å². The number of carboxylic acids is 1. The number of carbonyl (C=O) groups excluding carboxylic acids is 1. The van der Waals surface area contributed by atoms with E-state index in [0.717, 1.165) is 6.08 Å². The Kier molecular flexibility index (Phi) is 8.41. The zero-order chi connectivity index (χ0) is 21.9. The highest BCUT2D eigenvalue weighted by Crippen LogP contribution is 2.29. The molecule has 2 aromatic rings. The summed E-state index contributed by atoms with van der Waals surface area (Å²) in [5.74, 6) is -0.991. The molecule has 8 heteroatoms. The molecule has 0 aliphatic rings. The largest absolute Gasteiger partial charge is 0.491 e. The van der Waals surface area contributed by atoms with Crippen LogP contribution >= 0.6 is 0 Å². The highest BCUT2D eigenvalue weighted by Gasteiger charge is 2.22. The van der Waals surface area contributed by atoms with Crippen molar-refractivity contribution in [1.29, 1.82) is 5.26 Å². The zero-order valence-corrected chi connectivity index (χ0v) is 16.3. The summed E-state index contributed by atoms with van der Waals surface area (Å²) in [4.78, 5) is 23.3. The molecule has 0 aliphatic carbocycles. The van der Waals surface area contributed by atoms with Gasteiger partial charge in [-0.2, -0.15) is 5.26 Å². The van der Waals surface area contributed by atoms with E-state index in [1.807, 2.05) is 6.07 Å². The molecule has 0 heterocycles. The first-order valence-electron chi connectivity index (χ1n) is 9.15. The minimum atomic E-state index is -1.10. The number of aliphatic hydroxyl groups excluding tert-OH is 1. The summed E-state index contributed by atoms with van der Waals surface area (Å²) in [6, 6.07) is 15.0. The number of rotatable bonds is 9. The predicted molar refractivity (Wildman–Crippen MR) is 109 cm³/mol. The Labute approximate surface area is 174 Å². The Morgan fingerprint density at radius 2 is 1.83 bits per heavy atom. The van der Waals surface area contributed by atoms with Gasteiger partial charge in [0, 0.05) is 17.7 Å². The number of carboxylic acid groups (broad SMARTS) is 1. The van der Waals surface area contributed by atoms with Gasteiger partial charge in [-0.15, -0.1) is 0 Å². The number of ether oxygens (including phenoxy) is 2.